The smallest absolute Gasteiger partial charge is 0.247 e. The quantitative estimate of drug-likeness (QED) is 0.120. The molecule has 0 unspecified atom stereocenters. The predicted molar refractivity (Wildman–Crippen MR) is 153 cm³/mol. The molecule has 0 radical (unpaired) electrons. The van der Waals surface area contributed by atoms with E-state index < -0.39 is 0 Å². The van der Waals surface area contributed by atoms with Crippen molar-refractivity contribution in [1.29, 1.82) is 0 Å². The second-order valence-electron chi connectivity index (χ2n) is 10.8. The van der Waals surface area contributed by atoms with E-state index in [4.69, 9.17) is 0 Å². The molecule has 35 heavy (non-hydrogen) atoms. The number of aromatic nitrogens is 2. The molecule has 0 spiro atoms. The zero-order valence-electron chi connectivity index (χ0n) is 23.4. The van der Waals surface area contributed by atoms with Gasteiger partial charge in [0, 0.05) is 0 Å². The van der Waals surface area contributed by atoms with Crippen molar-refractivity contribution >= 4 is 0 Å². The van der Waals surface area contributed by atoms with E-state index in [1.807, 2.05) is 0 Å². The van der Waals surface area contributed by atoms with E-state index in [2.05, 4.69) is 66.1 Å². The molecule has 0 aliphatic carbocycles. The second kappa shape index (κ2) is 20.6. The van der Waals surface area contributed by atoms with Crippen molar-refractivity contribution in [3.63, 3.8) is 0 Å². The molecule has 0 fully saturated rings. The van der Waals surface area contributed by atoms with Gasteiger partial charge in [0.1, 0.15) is 18.1 Å². The van der Waals surface area contributed by atoms with Gasteiger partial charge in [-0.3, -0.25) is 0 Å². The van der Waals surface area contributed by atoms with Crippen LogP contribution in [0.15, 0.2) is 42.7 Å². The fraction of sp³-hybridized carbons (Fsp3) is 0.727. The van der Waals surface area contributed by atoms with Gasteiger partial charge in [-0.2, -0.15) is 4.57 Å². The molecule has 0 amide bonds. The van der Waals surface area contributed by atoms with Crippen molar-refractivity contribution in [2.45, 2.75) is 155 Å². The molecule has 0 saturated heterocycles. The first kappa shape index (κ1) is 29.7. The Balaban J connectivity index is 1.75. The summed E-state index contributed by atoms with van der Waals surface area (Å²) in [4.78, 5) is 3.63. The Kier molecular flexibility index (Phi) is 17.5. The summed E-state index contributed by atoms with van der Waals surface area (Å²) >= 11 is 0. The highest BCUT2D eigenvalue weighted by molar-refractivity contribution is 5.22. The van der Waals surface area contributed by atoms with Gasteiger partial charge in [0.05, 0.1) is 5.92 Å². The lowest BCUT2D eigenvalue weighted by Crippen LogP contribution is -2.34. The minimum atomic E-state index is 0.642. The lowest BCUT2D eigenvalue weighted by atomic mass is 9.93. The van der Waals surface area contributed by atoms with Crippen molar-refractivity contribution < 1.29 is 4.57 Å². The van der Waals surface area contributed by atoms with Crippen LogP contribution >= 0.6 is 0 Å². The number of hydrogen-bond donors (Lipinski definition) is 1. The second-order valence-corrected chi connectivity index (χ2v) is 10.8. The number of nitrogens with one attached hydrogen (secondary N) is 1. The van der Waals surface area contributed by atoms with Gasteiger partial charge in [-0.05, 0) is 25.0 Å². The maximum absolute atomic E-state index is 3.63. The summed E-state index contributed by atoms with van der Waals surface area (Å²) < 4.78 is 2.40. The van der Waals surface area contributed by atoms with Crippen LogP contribution in [-0.2, 0) is 0 Å². The Morgan fingerprint density at radius 1 is 0.571 bits per heavy atom. The average Bonchev–Trinajstić information content (AvgIpc) is 3.38. The molecule has 0 bridgehead atoms. The van der Waals surface area contributed by atoms with Crippen molar-refractivity contribution in [1.82, 2.24) is 4.98 Å². The molecular formula is C33H57N2+. The maximum Gasteiger partial charge on any atom is 0.262 e. The Labute approximate surface area is 218 Å². The molecular weight excluding hydrogens is 424 g/mol. The van der Waals surface area contributed by atoms with E-state index >= 15 is 0 Å². The number of nitrogens with zero attached hydrogens (tertiary/aromatic N) is 1. The van der Waals surface area contributed by atoms with E-state index in [1.54, 1.807) is 0 Å². The average molecular weight is 482 g/mol. The predicted octanol–water partition coefficient (Wildman–Crippen LogP) is 10.6. The molecule has 198 valence electrons. The molecule has 2 heteroatoms. The van der Waals surface area contributed by atoms with Crippen LogP contribution in [0.25, 0.3) is 5.69 Å². The number of para-hydroxylation sites is 1. The number of unbranched alkanes of at least 4 members (excludes halogenated alkanes) is 17. The van der Waals surface area contributed by atoms with Crippen molar-refractivity contribution in [3.8, 4) is 5.69 Å². The van der Waals surface area contributed by atoms with Crippen LogP contribution in [0.4, 0.5) is 0 Å². The first-order valence-electron chi connectivity index (χ1n) is 15.5. The van der Waals surface area contributed by atoms with Crippen molar-refractivity contribution in [2.75, 3.05) is 0 Å². The third-order valence-electron chi connectivity index (χ3n) is 7.70. The van der Waals surface area contributed by atoms with E-state index in [0.29, 0.717) is 5.92 Å². The van der Waals surface area contributed by atoms with Crippen LogP contribution in [0.5, 0.6) is 0 Å². The van der Waals surface area contributed by atoms with Crippen LogP contribution in [-0.4, -0.2) is 4.98 Å². The molecule has 1 N–H and O–H groups in total. The Morgan fingerprint density at radius 3 is 1.46 bits per heavy atom. The van der Waals surface area contributed by atoms with Crippen LogP contribution in [0.3, 0.4) is 0 Å². The van der Waals surface area contributed by atoms with Gasteiger partial charge in [-0.25, -0.2) is 4.98 Å². The topological polar surface area (TPSA) is 19.7 Å². The molecule has 2 rings (SSSR count). The van der Waals surface area contributed by atoms with Gasteiger partial charge in [-0.15, -0.1) is 0 Å². The fourth-order valence-corrected chi connectivity index (χ4v) is 5.47. The summed E-state index contributed by atoms with van der Waals surface area (Å²) in [5.41, 5.74) is 1.28. The summed E-state index contributed by atoms with van der Waals surface area (Å²) in [5, 5.41) is 0. The van der Waals surface area contributed by atoms with E-state index in [1.165, 1.54) is 146 Å². The minimum Gasteiger partial charge on any atom is -0.247 e. The molecule has 1 aromatic heterocycles. The number of hydrogen-bond acceptors (Lipinski definition) is 0. The van der Waals surface area contributed by atoms with Crippen LogP contribution in [0, 0.1) is 0 Å². The van der Waals surface area contributed by atoms with Gasteiger partial charge < -0.3 is 0 Å². The van der Waals surface area contributed by atoms with Gasteiger partial charge in [0.25, 0.3) is 5.82 Å². The first-order chi connectivity index (χ1) is 17.4. The molecule has 2 nitrogen and oxygen atoms in total. The molecule has 0 saturated carbocycles. The first-order valence-corrected chi connectivity index (χ1v) is 15.5. The summed E-state index contributed by atoms with van der Waals surface area (Å²) in [6.07, 6.45) is 33.8. The molecule has 0 aliphatic rings. The van der Waals surface area contributed by atoms with E-state index in [-0.39, 0.29) is 0 Å². The van der Waals surface area contributed by atoms with Crippen LogP contribution in [0.1, 0.15) is 160 Å². The highest BCUT2D eigenvalue weighted by Gasteiger charge is 2.23. The standard InChI is InChI=1S/C33H56N2/c1-3-5-7-9-11-13-15-17-19-22-26-31(25-21-18-16-14-12-10-8-6-4-2)33-34-29-30-35(33)32-27-23-20-24-28-32/h20,23-24,27-31H,3-19,21-22,25-26H2,1-2H3/p+1/t31-/m0/s1. The van der Waals surface area contributed by atoms with Gasteiger partial charge in [0.2, 0.25) is 0 Å². The minimum absolute atomic E-state index is 0.642. The molecule has 0 aliphatic heterocycles. The maximum atomic E-state index is 3.63. The van der Waals surface area contributed by atoms with Crippen LogP contribution in [0.2, 0.25) is 0 Å². The molecule has 1 atom stereocenters. The monoisotopic (exact) mass is 481 g/mol. The fourth-order valence-electron chi connectivity index (χ4n) is 5.47. The molecule has 2 aromatic rings. The summed E-state index contributed by atoms with van der Waals surface area (Å²) in [7, 11) is 0. The largest absolute Gasteiger partial charge is 0.262 e. The van der Waals surface area contributed by atoms with Crippen LogP contribution < -0.4 is 4.57 Å². The highest BCUT2D eigenvalue weighted by atomic mass is 15.1. The normalized spacial score (nSPS) is 12.3. The van der Waals surface area contributed by atoms with E-state index in [0.717, 1.165) is 0 Å². The number of rotatable bonds is 23. The van der Waals surface area contributed by atoms with Gasteiger partial charge in [0.15, 0.2) is 0 Å². The number of benzene rings is 1. The number of imidazole rings is 1. The number of aromatic amines is 1. The van der Waals surface area contributed by atoms with Crippen molar-refractivity contribution in [3.05, 3.63) is 48.5 Å². The SMILES string of the molecule is CCCCCCCCCCCC[C@H](CCCCCCCCCCC)c1[nH]cc[n+]1-c1ccccc1. The van der Waals surface area contributed by atoms with Gasteiger partial charge in [-0.1, -0.05) is 154 Å². The zero-order valence-corrected chi connectivity index (χ0v) is 23.4. The Morgan fingerprint density at radius 2 is 1.00 bits per heavy atom. The number of H-pyrrole nitrogens is 1. The third kappa shape index (κ3) is 13.3. The lowest BCUT2D eigenvalue weighted by molar-refractivity contribution is -0.604. The zero-order chi connectivity index (χ0) is 24.8. The molecule has 1 heterocycles. The molecule has 1 aromatic carbocycles. The van der Waals surface area contributed by atoms with Crippen molar-refractivity contribution in [2.24, 2.45) is 0 Å². The summed E-state index contributed by atoms with van der Waals surface area (Å²) in [6.45, 7) is 4.61. The third-order valence-corrected chi connectivity index (χ3v) is 7.70. The van der Waals surface area contributed by atoms with E-state index in [9.17, 15) is 0 Å². The Hall–Kier alpha value is -1.57. The Bertz CT molecular complexity index is 705. The highest BCUT2D eigenvalue weighted by Crippen LogP contribution is 2.27. The lowest BCUT2D eigenvalue weighted by Gasteiger charge is -2.14. The van der Waals surface area contributed by atoms with Gasteiger partial charge >= 0.3 is 0 Å². The summed E-state index contributed by atoms with van der Waals surface area (Å²) in [6, 6.07) is 10.9. The summed E-state index contributed by atoms with van der Waals surface area (Å²) in [5.74, 6) is 2.05.